The lowest BCUT2D eigenvalue weighted by Gasteiger charge is -2.24. The van der Waals surface area contributed by atoms with Crippen molar-refractivity contribution in [1.29, 1.82) is 0 Å². The first-order chi connectivity index (χ1) is 10.6. The summed E-state index contributed by atoms with van der Waals surface area (Å²) in [7, 11) is 1.81. The van der Waals surface area contributed by atoms with Crippen LogP contribution in [-0.2, 0) is 7.05 Å². The summed E-state index contributed by atoms with van der Waals surface area (Å²) in [6.07, 6.45) is 4.55. The van der Waals surface area contributed by atoms with Gasteiger partial charge >= 0.3 is 0 Å². The smallest absolute Gasteiger partial charge is 0.253 e. The minimum atomic E-state index is 0.0722. The van der Waals surface area contributed by atoms with E-state index >= 15 is 0 Å². The summed E-state index contributed by atoms with van der Waals surface area (Å²) in [5.41, 5.74) is 4.49. The number of likely N-dealkylation sites (tertiary alicyclic amines) is 1. The van der Waals surface area contributed by atoms with Crippen LogP contribution < -0.4 is 5.56 Å². The van der Waals surface area contributed by atoms with E-state index in [1.165, 1.54) is 31.5 Å². The van der Waals surface area contributed by atoms with Gasteiger partial charge in [-0.3, -0.25) is 9.69 Å². The van der Waals surface area contributed by atoms with Crippen LogP contribution >= 0.6 is 0 Å². The molecular formula is C19H24N2O. The molecule has 22 heavy (non-hydrogen) atoms. The molecule has 0 unspecified atom stereocenters. The molecule has 1 aromatic heterocycles. The minimum absolute atomic E-state index is 0.0722. The highest BCUT2D eigenvalue weighted by Gasteiger charge is 2.19. The molecule has 1 fully saturated rings. The molecule has 0 radical (unpaired) electrons. The standard InChI is InChI=1S/C19H24N2O/c1-14-12-18(13-20(3)19(14)22)17-8-6-16(7-9-17)15(2)21-10-4-5-11-21/h6-9,12-13,15H,4-5,10-11H2,1-3H3/t15-/m1/s1. The predicted octanol–water partition coefficient (Wildman–Crippen LogP) is 3.52. The van der Waals surface area contributed by atoms with Crippen molar-refractivity contribution in [2.24, 2.45) is 7.05 Å². The molecule has 1 atom stereocenters. The van der Waals surface area contributed by atoms with Crippen molar-refractivity contribution < 1.29 is 0 Å². The van der Waals surface area contributed by atoms with Gasteiger partial charge in [0.25, 0.3) is 5.56 Å². The Kier molecular flexibility index (Phi) is 4.16. The number of nitrogens with zero attached hydrogens (tertiary/aromatic N) is 2. The molecule has 1 aromatic carbocycles. The quantitative estimate of drug-likeness (QED) is 0.866. The van der Waals surface area contributed by atoms with Crippen molar-refractivity contribution in [3.8, 4) is 11.1 Å². The summed E-state index contributed by atoms with van der Waals surface area (Å²) in [6.45, 7) is 6.58. The Morgan fingerprint density at radius 3 is 2.27 bits per heavy atom. The van der Waals surface area contributed by atoms with Gasteiger partial charge in [0.1, 0.15) is 0 Å². The summed E-state index contributed by atoms with van der Waals surface area (Å²) in [5.74, 6) is 0. The molecule has 3 nitrogen and oxygen atoms in total. The van der Waals surface area contributed by atoms with Crippen LogP contribution in [0.15, 0.2) is 41.3 Å². The van der Waals surface area contributed by atoms with E-state index in [2.05, 4.69) is 36.1 Å². The van der Waals surface area contributed by atoms with E-state index in [1.54, 1.807) is 4.57 Å². The summed E-state index contributed by atoms with van der Waals surface area (Å²) in [4.78, 5) is 14.3. The number of aryl methyl sites for hydroxylation is 2. The summed E-state index contributed by atoms with van der Waals surface area (Å²) in [6, 6.07) is 11.2. The monoisotopic (exact) mass is 296 g/mol. The predicted molar refractivity (Wildman–Crippen MR) is 91.1 cm³/mol. The zero-order valence-electron chi connectivity index (χ0n) is 13.7. The first kappa shape index (κ1) is 15.0. The minimum Gasteiger partial charge on any atom is -0.318 e. The molecule has 1 aliphatic rings. The molecule has 3 heteroatoms. The molecule has 3 rings (SSSR count). The number of benzene rings is 1. The average molecular weight is 296 g/mol. The maximum atomic E-state index is 11.8. The van der Waals surface area contributed by atoms with Gasteiger partial charge in [-0.25, -0.2) is 0 Å². The summed E-state index contributed by atoms with van der Waals surface area (Å²) in [5, 5.41) is 0. The molecule has 0 amide bonds. The molecule has 0 spiro atoms. The van der Waals surface area contributed by atoms with Crippen molar-refractivity contribution in [3.05, 3.63) is 58.0 Å². The lowest BCUT2D eigenvalue weighted by molar-refractivity contribution is 0.263. The van der Waals surface area contributed by atoms with Gasteiger partial charge in [0.2, 0.25) is 0 Å². The Morgan fingerprint density at radius 1 is 1.05 bits per heavy atom. The molecular weight excluding hydrogens is 272 g/mol. The maximum Gasteiger partial charge on any atom is 0.253 e. The molecule has 1 saturated heterocycles. The van der Waals surface area contributed by atoms with E-state index in [4.69, 9.17) is 0 Å². The van der Waals surface area contributed by atoms with Crippen molar-refractivity contribution in [3.63, 3.8) is 0 Å². The third-order valence-electron chi connectivity index (χ3n) is 4.78. The van der Waals surface area contributed by atoms with Crippen LogP contribution in [0.25, 0.3) is 11.1 Å². The largest absolute Gasteiger partial charge is 0.318 e. The van der Waals surface area contributed by atoms with Gasteiger partial charge < -0.3 is 4.57 Å². The number of hydrogen-bond donors (Lipinski definition) is 0. The molecule has 0 saturated carbocycles. The Labute approximate surface area is 132 Å². The third kappa shape index (κ3) is 2.86. The van der Waals surface area contributed by atoms with Gasteiger partial charge in [0.15, 0.2) is 0 Å². The molecule has 116 valence electrons. The lowest BCUT2D eigenvalue weighted by Crippen LogP contribution is -2.23. The van der Waals surface area contributed by atoms with E-state index in [9.17, 15) is 4.79 Å². The average Bonchev–Trinajstić information content (AvgIpc) is 3.06. The van der Waals surface area contributed by atoms with Gasteiger partial charge in [-0.05, 0) is 62.5 Å². The van der Waals surface area contributed by atoms with Crippen LogP contribution in [-0.4, -0.2) is 22.6 Å². The Hall–Kier alpha value is -1.87. The van der Waals surface area contributed by atoms with Crippen molar-refractivity contribution in [2.75, 3.05) is 13.1 Å². The van der Waals surface area contributed by atoms with Gasteiger partial charge in [0, 0.05) is 24.8 Å². The van der Waals surface area contributed by atoms with E-state index in [1.807, 2.05) is 26.2 Å². The van der Waals surface area contributed by atoms with Crippen LogP contribution in [0.4, 0.5) is 0 Å². The van der Waals surface area contributed by atoms with Gasteiger partial charge in [0.05, 0.1) is 0 Å². The summed E-state index contributed by atoms with van der Waals surface area (Å²) < 4.78 is 1.66. The van der Waals surface area contributed by atoms with Crippen LogP contribution in [0, 0.1) is 6.92 Å². The molecule has 2 aromatic rings. The fraction of sp³-hybridized carbons (Fsp3) is 0.421. The second-order valence-electron chi connectivity index (χ2n) is 6.37. The SMILES string of the molecule is Cc1cc(-c2ccc([C@@H](C)N3CCCC3)cc2)cn(C)c1=O. The fourth-order valence-electron chi connectivity index (χ4n) is 3.33. The van der Waals surface area contributed by atoms with E-state index < -0.39 is 0 Å². The molecule has 2 heterocycles. The number of aromatic nitrogens is 1. The van der Waals surface area contributed by atoms with E-state index in [-0.39, 0.29) is 5.56 Å². The van der Waals surface area contributed by atoms with Crippen LogP contribution in [0.2, 0.25) is 0 Å². The van der Waals surface area contributed by atoms with Crippen LogP contribution in [0.3, 0.4) is 0 Å². The first-order valence-corrected chi connectivity index (χ1v) is 8.08. The first-order valence-electron chi connectivity index (χ1n) is 8.08. The van der Waals surface area contributed by atoms with Gasteiger partial charge in [-0.1, -0.05) is 24.3 Å². The fourth-order valence-corrected chi connectivity index (χ4v) is 3.33. The Balaban J connectivity index is 1.86. The third-order valence-corrected chi connectivity index (χ3v) is 4.78. The molecule has 0 aliphatic carbocycles. The normalized spacial score (nSPS) is 16.9. The van der Waals surface area contributed by atoms with Crippen LogP contribution in [0.1, 0.15) is 36.9 Å². The van der Waals surface area contributed by atoms with Crippen molar-refractivity contribution >= 4 is 0 Å². The lowest BCUT2D eigenvalue weighted by atomic mass is 10.0. The summed E-state index contributed by atoms with van der Waals surface area (Å²) >= 11 is 0. The van der Waals surface area contributed by atoms with Crippen molar-refractivity contribution in [2.45, 2.75) is 32.7 Å². The number of hydrogen-bond acceptors (Lipinski definition) is 2. The molecule has 1 aliphatic heterocycles. The Morgan fingerprint density at radius 2 is 1.68 bits per heavy atom. The zero-order chi connectivity index (χ0) is 15.7. The number of rotatable bonds is 3. The second kappa shape index (κ2) is 6.09. The van der Waals surface area contributed by atoms with Crippen LogP contribution in [0.5, 0.6) is 0 Å². The Bertz CT molecular complexity index is 683. The zero-order valence-corrected chi connectivity index (χ0v) is 13.7. The van der Waals surface area contributed by atoms with Crippen molar-refractivity contribution in [1.82, 2.24) is 9.47 Å². The van der Waals surface area contributed by atoms with Gasteiger partial charge in [-0.15, -0.1) is 0 Å². The second-order valence-corrected chi connectivity index (χ2v) is 6.37. The molecule has 0 N–H and O–H groups in total. The maximum absolute atomic E-state index is 11.8. The highest BCUT2D eigenvalue weighted by Crippen LogP contribution is 2.27. The van der Waals surface area contributed by atoms with E-state index in [0.717, 1.165) is 16.7 Å². The highest BCUT2D eigenvalue weighted by atomic mass is 16.1. The van der Waals surface area contributed by atoms with Gasteiger partial charge in [-0.2, -0.15) is 0 Å². The topological polar surface area (TPSA) is 25.2 Å². The van der Waals surface area contributed by atoms with E-state index in [0.29, 0.717) is 6.04 Å². The molecule has 0 bridgehead atoms. The number of pyridine rings is 1. The highest BCUT2D eigenvalue weighted by molar-refractivity contribution is 5.63.